The van der Waals surface area contributed by atoms with Gasteiger partial charge in [0.15, 0.2) is 5.82 Å². The van der Waals surface area contributed by atoms with Gasteiger partial charge in [-0.25, -0.2) is 4.39 Å². The highest BCUT2D eigenvalue weighted by Crippen LogP contribution is 2.26. The standard InChI is InChI=1S/C10H14FN3/c1-7-4-8(12)6-14(7)10-2-3-13-5-9(10)11/h2-3,5,7-8H,4,6,12H2,1H3. The number of aromatic nitrogens is 1. The van der Waals surface area contributed by atoms with Crippen LogP contribution in [0.2, 0.25) is 0 Å². The van der Waals surface area contributed by atoms with Crippen LogP contribution in [-0.4, -0.2) is 23.6 Å². The van der Waals surface area contributed by atoms with E-state index in [-0.39, 0.29) is 11.9 Å². The predicted octanol–water partition coefficient (Wildman–Crippen LogP) is 1.15. The maximum Gasteiger partial charge on any atom is 0.164 e. The quantitative estimate of drug-likeness (QED) is 0.730. The second-order valence-electron chi connectivity index (χ2n) is 3.82. The molecule has 1 aliphatic heterocycles. The molecule has 2 atom stereocenters. The van der Waals surface area contributed by atoms with Gasteiger partial charge in [-0.15, -0.1) is 0 Å². The molecule has 1 saturated heterocycles. The maximum absolute atomic E-state index is 13.4. The molecule has 0 aromatic carbocycles. The van der Waals surface area contributed by atoms with Crippen LogP contribution in [0.3, 0.4) is 0 Å². The van der Waals surface area contributed by atoms with Gasteiger partial charge in [-0.05, 0) is 19.4 Å². The Labute approximate surface area is 82.7 Å². The first kappa shape index (κ1) is 9.40. The van der Waals surface area contributed by atoms with Crippen LogP contribution in [0.15, 0.2) is 18.5 Å². The van der Waals surface area contributed by atoms with Crippen LogP contribution in [-0.2, 0) is 0 Å². The van der Waals surface area contributed by atoms with E-state index in [9.17, 15) is 4.39 Å². The van der Waals surface area contributed by atoms with Crippen LogP contribution in [0, 0.1) is 5.82 Å². The molecule has 2 rings (SSSR count). The van der Waals surface area contributed by atoms with E-state index in [1.807, 2.05) is 4.90 Å². The molecule has 2 heterocycles. The Hall–Kier alpha value is -1.16. The Morgan fingerprint density at radius 1 is 1.64 bits per heavy atom. The summed E-state index contributed by atoms with van der Waals surface area (Å²) >= 11 is 0. The third-order valence-corrected chi connectivity index (χ3v) is 2.67. The smallest absolute Gasteiger partial charge is 0.164 e. The van der Waals surface area contributed by atoms with E-state index in [1.165, 1.54) is 6.20 Å². The lowest BCUT2D eigenvalue weighted by atomic mass is 10.2. The van der Waals surface area contributed by atoms with Crippen molar-refractivity contribution in [3.05, 3.63) is 24.3 Å². The fourth-order valence-electron chi connectivity index (χ4n) is 2.01. The first-order chi connectivity index (χ1) is 6.68. The van der Waals surface area contributed by atoms with Crippen molar-refractivity contribution >= 4 is 5.69 Å². The summed E-state index contributed by atoms with van der Waals surface area (Å²) in [5.74, 6) is -0.270. The zero-order valence-electron chi connectivity index (χ0n) is 8.15. The van der Waals surface area contributed by atoms with Gasteiger partial charge in [0.1, 0.15) is 0 Å². The highest BCUT2D eigenvalue weighted by Gasteiger charge is 2.28. The highest BCUT2D eigenvalue weighted by atomic mass is 19.1. The van der Waals surface area contributed by atoms with E-state index in [1.54, 1.807) is 12.3 Å². The van der Waals surface area contributed by atoms with Crippen LogP contribution in [0.1, 0.15) is 13.3 Å². The number of pyridine rings is 1. The van der Waals surface area contributed by atoms with Crippen molar-refractivity contribution in [2.24, 2.45) is 5.73 Å². The molecule has 1 fully saturated rings. The van der Waals surface area contributed by atoms with Gasteiger partial charge < -0.3 is 10.6 Å². The number of halogens is 1. The lowest BCUT2D eigenvalue weighted by Gasteiger charge is -2.23. The average Bonchev–Trinajstić information content (AvgIpc) is 2.46. The third-order valence-electron chi connectivity index (χ3n) is 2.67. The van der Waals surface area contributed by atoms with Crippen LogP contribution >= 0.6 is 0 Å². The van der Waals surface area contributed by atoms with Crippen molar-refractivity contribution in [2.45, 2.75) is 25.4 Å². The number of hydrogen-bond donors (Lipinski definition) is 1. The zero-order chi connectivity index (χ0) is 10.1. The molecule has 14 heavy (non-hydrogen) atoms. The van der Waals surface area contributed by atoms with Crippen molar-refractivity contribution in [1.29, 1.82) is 0 Å². The summed E-state index contributed by atoms with van der Waals surface area (Å²) in [6, 6.07) is 2.16. The summed E-state index contributed by atoms with van der Waals surface area (Å²) < 4.78 is 13.4. The Morgan fingerprint density at radius 2 is 2.43 bits per heavy atom. The Bertz CT molecular complexity index is 329. The normalized spacial score (nSPS) is 26.9. The average molecular weight is 195 g/mol. The fraction of sp³-hybridized carbons (Fsp3) is 0.500. The van der Waals surface area contributed by atoms with Gasteiger partial charge in [-0.2, -0.15) is 0 Å². The van der Waals surface area contributed by atoms with Gasteiger partial charge in [0, 0.05) is 24.8 Å². The van der Waals surface area contributed by atoms with Crippen molar-refractivity contribution in [3.8, 4) is 0 Å². The van der Waals surface area contributed by atoms with Gasteiger partial charge in [-0.1, -0.05) is 0 Å². The van der Waals surface area contributed by atoms with E-state index in [0.717, 1.165) is 13.0 Å². The molecule has 0 amide bonds. The Morgan fingerprint density at radius 3 is 3.00 bits per heavy atom. The second-order valence-corrected chi connectivity index (χ2v) is 3.82. The van der Waals surface area contributed by atoms with Gasteiger partial charge in [0.2, 0.25) is 0 Å². The number of rotatable bonds is 1. The predicted molar refractivity (Wildman–Crippen MR) is 53.6 cm³/mol. The van der Waals surface area contributed by atoms with Crippen molar-refractivity contribution in [2.75, 3.05) is 11.4 Å². The molecule has 2 unspecified atom stereocenters. The lowest BCUT2D eigenvalue weighted by Crippen LogP contribution is -2.29. The van der Waals surface area contributed by atoms with Crippen LogP contribution in [0.5, 0.6) is 0 Å². The molecule has 1 aromatic rings. The van der Waals surface area contributed by atoms with Gasteiger partial charge in [-0.3, -0.25) is 4.98 Å². The molecule has 0 bridgehead atoms. The third kappa shape index (κ3) is 1.57. The maximum atomic E-state index is 13.4. The molecule has 0 spiro atoms. The van der Waals surface area contributed by atoms with E-state index in [2.05, 4.69) is 11.9 Å². The molecule has 0 saturated carbocycles. The Balaban J connectivity index is 2.27. The van der Waals surface area contributed by atoms with E-state index < -0.39 is 0 Å². The second kappa shape index (κ2) is 3.53. The fourth-order valence-corrected chi connectivity index (χ4v) is 2.01. The van der Waals surface area contributed by atoms with Gasteiger partial charge >= 0.3 is 0 Å². The molecule has 0 radical (unpaired) electrons. The Kier molecular flexibility index (Phi) is 2.37. The summed E-state index contributed by atoms with van der Waals surface area (Å²) in [4.78, 5) is 5.73. The lowest BCUT2D eigenvalue weighted by molar-refractivity contribution is 0.607. The first-order valence-electron chi connectivity index (χ1n) is 4.80. The van der Waals surface area contributed by atoms with Crippen molar-refractivity contribution in [3.63, 3.8) is 0 Å². The monoisotopic (exact) mass is 195 g/mol. The number of anilines is 1. The van der Waals surface area contributed by atoms with E-state index in [0.29, 0.717) is 11.7 Å². The topological polar surface area (TPSA) is 42.1 Å². The van der Waals surface area contributed by atoms with Crippen LogP contribution in [0.4, 0.5) is 10.1 Å². The molecule has 76 valence electrons. The van der Waals surface area contributed by atoms with Crippen LogP contribution in [0.25, 0.3) is 0 Å². The van der Waals surface area contributed by atoms with Crippen LogP contribution < -0.4 is 10.6 Å². The minimum Gasteiger partial charge on any atom is -0.365 e. The highest BCUT2D eigenvalue weighted by molar-refractivity contribution is 5.48. The molecule has 4 heteroatoms. The molecule has 1 aromatic heterocycles. The number of hydrogen-bond acceptors (Lipinski definition) is 3. The summed E-state index contributed by atoms with van der Waals surface area (Å²) in [7, 11) is 0. The molecule has 2 N–H and O–H groups in total. The SMILES string of the molecule is CC1CC(N)CN1c1ccncc1F. The van der Waals surface area contributed by atoms with E-state index in [4.69, 9.17) is 5.73 Å². The minimum absolute atomic E-state index is 0.151. The van der Waals surface area contributed by atoms with Gasteiger partial charge in [0.25, 0.3) is 0 Å². The van der Waals surface area contributed by atoms with E-state index >= 15 is 0 Å². The van der Waals surface area contributed by atoms with Crippen molar-refractivity contribution in [1.82, 2.24) is 4.98 Å². The summed E-state index contributed by atoms with van der Waals surface area (Å²) in [6.45, 7) is 2.79. The first-order valence-corrected chi connectivity index (χ1v) is 4.80. The summed E-state index contributed by atoms with van der Waals surface area (Å²) in [5.41, 5.74) is 6.43. The molecule has 0 aliphatic carbocycles. The molecule has 3 nitrogen and oxygen atoms in total. The molecular formula is C10H14FN3. The summed E-state index contributed by atoms with van der Waals surface area (Å²) in [6.07, 6.45) is 3.77. The molecule has 1 aliphatic rings. The molecular weight excluding hydrogens is 181 g/mol. The minimum atomic E-state index is -0.270. The van der Waals surface area contributed by atoms with Crippen molar-refractivity contribution < 1.29 is 4.39 Å². The largest absolute Gasteiger partial charge is 0.365 e. The number of nitrogens with two attached hydrogens (primary N) is 1. The van der Waals surface area contributed by atoms with Gasteiger partial charge in [0.05, 0.1) is 11.9 Å². The zero-order valence-corrected chi connectivity index (χ0v) is 8.15. The summed E-state index contributed by atoms with van der Waals surface area (Å²) in [5, 5.41) is 0. The number of nitrogens with zero attached hydrogens (tertiary/aromatic N) is 2.